The first kappa shape index (κ1) is 12.2. The number of benzene rings is 1. The van der Waals surface area contributed by atoms with Gasteiger partial charge in [0.05, 0.1) is 24.0 Å². The number of hydrogen-bond donors (Lipinski definition) is 2. The van der Waals surface area contributed by atoms with Crippen LogP contribution in [0.5, 0.6) is 0 Å². The summed E-state index contributed by atoms with van der Waals surface area (Å²) in [5.41, 5.74) is 0.751. The number of ether oxygens (including phenoxy) is 1. The van der Waals surface area contributed by atoms with Crippen molar-refractivity contribution in [3.8, 4) is 0 Å². The van der Waals surface area contributed by atoms with E-state index in [0.29, 0.717) is 13.2 Å². The van der Waals surface area contributed by atoms with E-state index >= 15 is 0 Å². The lowest BCUT2D eigenvalue weighted by Crippen LogP contribution is -2.59. The Morgan fingerprint density at radius 3 is 2.63 bits per heavy atom. The minimum atomic E-state index is -0.865. The second-order valence-corrected chi connectivity index (χ2v) is 5.75. The maximum absolute atomic E-state index is 11.6. The Balaban J connectivity index is 2.20. The Hall–Kier alpha value is -1.81. The summed E-state index contributed by atoms with van der Waals surface area (Å²) < 4.78 is 5.37. The molecule has 2 aromatic rings. The second kappa shape index (κ2) is 3.84. The van der Waals surface area contributed by atoms with Gasteiger partial charge in [0.15, 0.2) is 0 Å². The molecule has 4 nitrogen and oxygen atoms in total. The molecule has 1 saturated heterocycles. The highest BCUT2D eigenvalue weighted by molar-refractivity contribution is 5.87. The highest BCUT2D eigenvalue weighted by atomic mass is 16.5. The molecule has 4 heteroatoms. The molecule has 0 bridgehead atoms. The number of aliphatic carboxylic acids is 1. The van der Waals surface area contributed by atoms with Gasteiger partial charge in [-0.2, -0.15) is 0 Å². The molecular formula is C15H17NO3. The summed E-state index contributed by atoms with van der Waals surface area (Å²) in [5, 5.41) is 10.6. The molecule has 1 aromatic carbocycles. The van der Waals surface area contributed by atoms with Crippen molar-refractivity contribution in [3.63, 3.8) is 0 Å². The molecule has 1 fully saturated rings. The number of H-pyrrole nitrogens is 1. The lowest BCUT2D eigenvalue weighted by molar-refractivity contribution is -0.171. The summed E-state index contributed by atoms with van der Waals surface area (Å²) in [6.45, 7) is 4.46. The van der Waals surface area contributed by atoms with Crippen LogP contribution in [0.15, 0.2) is 30.5 Å². The zero-order valence-electron chi connectivity index (χ0n) is 11.1. The fraction of sp³-hybridized carbons (Fsp3) is 0.400. The molecular weight excluding hydrogens is 242 g/mol. The number of para-hydroxylation sites is 1. The third-order valence-electron chi connectivity index (χ3n) is 4.53. The lowest BCUT2D eigenvalue weighted by Gasteiger charge is -2.50. The van der Waals surface area contributed by atoms with E-state index in [-0.39, 0.29) is 0 Å². The van der Waals surface area contributed by atoms with Gasteiger partial charge in [0, 0.05) is 17.1 Å². The smallest absolute Gasteiger partial charge is 0.310 e. The summed E-state index contributed by atoms with van der Waals surface area (Å²) in [5.74, 6) is -0.791. The van der Waals surface area contributed by atoms with Gasteiger partial charge in [-0.1, -0.05) is 18.2 Å². The third-order valence-corrected chi connectivity index (χ3v) is 4.53. The van der Waals surface area contributed by atoms with Gasteiger partial charge < -0.3 is 14.8 Å². The van der Waals surface area contributed by atoms with Crippen molar-refractivity contribution in [1.29, 1.82) is 0 Å². The van der Waals surface area contributed by atoms with Crippen molar-refractivity contribution in [2.24, 2.45) is 5.41 Å². The molecule has 0 amide bonds. The van der Waals surface area contributed by atoms with E-state index in [2.05, 4.69) is 4.98 Å². The number of rotatable bonds is 3. The fourth-order valence-corrected chi connectivity index (χ4v) is 2.83. The van der Waals surface area contributed by atoms with E-state index in [1.54, 1.807) is 13.8 Å². The topological polar surface area (TPSA) is 62.3 Å². The van der Waals surface area contributed by atoms with Gasteiger partial charge in [-0.05, 0) is 25.5 Å². The number of aromatic nitrogens is 1. The van der Waals surface area contributed by atoms with E-state index < -0.39 is 16.8 Å². The van der Waals surface area contributed by atoms with Crippen LogP contribution in [0.4, 0.5) is 0 Å². The predicted molar refractivity (Wildman–Crippen MR) is 72.2 cm³/mol. The molecule has 100 valence electrons. The van der Waals surface area contributed by atoms with Crippen LogP contribution >= 0.6 is 0 Å². The molecule has 0 saturated carbocycles. The molecule has 2 heterocycles. The summed E-state index contributed by atoms with van der Waals surface area (Å²) in [7, 11) is 0. The normalized spacial score (nSPS) is 18.2. The lowest BCUT2D eigenvalue weighted by atomic mass is 9.60. The number of carboxylic acid groups (broad SMARTS) is 1. The second-order valence-electron chi connectivity index (χ2n) is 5.75. The van der Waals surface area contributed by atoms with Crippen molar-refractivity contribution < 1.29 is 14.6 Å². The summed E-state index contributed by atoms with van der Waals surface area (Å²) in [6.07, 6.45) is 1.93. The van der Waals surface area contributed by atoms with Gasteiger partial charge in [-0.3, -0.25) is 4.79 Å². The van der Waals surface area contributed by atoms with Crippen LogP contribution < -0.4 is 0 Å². The molecule has 1 aliphatic rings. The van der Waals surface area contributed by atoms with Crippen molar-refractivity contribution in [1.82, 2.24) is 4.98 Å². The first-order valence-corrected chi connectivity index (χ1v) is 6.37. The van der Waals surface area contributed by atoms with Gasteiger partial charge in [0.2, 0.25) is 0 Å². The maximum atomic E-state index is 11.6. The van der Waals surface area contributed by atoms with Crippen LogP contribution in [0, 0.1) is 5.41 Å². The maximum Gasteiger partial charge on any atom is 0.310 e. The van der Waals surface area contributed by atoms with E-state index in [0.717, 1.165) is 16.5 Å². The average molecular weight is 259 g/mol. The molecule has 2 N–H and O–H groups in total. The highest BCUT2D eigenvalue weighted by Crippen LogP contribution is 2.49. The predicted octanol–water partition coefficient (Wildman–Crippen LogP) is 2.55. The molecule has 1 aliphatic heterocycles. The van der Waals surface area contributed by atoms with Gasteiger partial charge in [0.1, 0.15) is 0 Å². The van der Waals surface area contributed by atoms with Crippen LogP contribution in [0.1, 0.15) is 19.4 Å². The van der Waals surface area contributed by atoms with Crippen LogP contribution in [0.2, 0.25) is 0 Å². The van der Waals surface area contributed by atoms with Crippen LogP contribution in [0.3, 0.4) is 0 Å². The molecule has 0 spiro atoms. The number of carbonyl (C=O) groups is 1. The summed E-state index contributed by atoms with van der Waals surface area (Å²) in [6, 6.07) is 7.97. The van der Waals surface area contributed by atoms with Crippen LogP contribution in [-0.2, 0) is 14.9 Å². The quantitative estimate of drug-likeness (QED) is 0.890. The standard InChI is InChI=1S/C15H17NO3/c1-14(2,13(17)18)15(8-19-9-15)11-7-16-12-6-4-3-5-10(11)12/h3-7,16H,8-9H2,1-2H3,(H,17,18). The van der Waals surface area contributed by atoms with Gasteiger partial charge >= 0.3 is 5.97 Å². The number of nitrogens with one attached hydrogen (secondary N) is 1. The largest absolute Gasteiger partial charge is 0.481 e. The van der Waals surface area contributed by atoms with Gasteiger partial charge in [-0.15, -0.1) is 0 Å². The molecule has 19 heavy (non-hydrogen) atoms. The Kier molecular flexibility index (Phi) is 2.47. The van der Waals surface area contributed by atoms with Crippen molar-refractivity contribution in [2.45, 2.75) is 19.3 Å². The molecule has 0 atom stereocenters. The number of hydrogen-bond acceptors (Lipinski definition) is 2. The highest BCUT2D eigenvalue weighted by Gasteiger charge is 2.57. The van der Waals surface area contributed by atoms with Gasteiger partial charge in [0.25, 0.3) is 0 Å². The Bertz CT molecular complexity index is 638. The van der Waals surface area contributed by atoms with Crippen molar-refractivity contribution in [2.75, 3.05) is 13.2 Å². The SMILES string of the molecule is CC(C)(C(=O)O)C1(c2c[nH]c3ccccc23)COC1. The zero-order chi connectivity index (χ0) is 13.7. The molecule has 0 aliphatic carbocycles. The molecule has 0 radical (unpaired) electrons. The number of carboxylic acids is 1. The van der Waals surface area contributed by atoms with E-state index in [1.807, 2.05) is 30.5 Å². The van der Waals surface area contributed by atoms with Crippen LogP contribution in [0.25, 0.3) is 10.9 Å². The van der Waals surface area contributed by atoms with E-state index in [4.69, 9.17) is 4.74 Å². The molecule has 1 aromatic heterocycles. The summed E-state index contributed by atoms with van der Waals surface area (Å²) in [4.78, 5) is 14.9. The summed E-state index contributed by atoms with van der Waals surface area (Å²) >= 11 is 0. The monoisotopic (exact) mass is 259 g/mol. The Labute approximate surface area is 111 Å². The number of fused-ring (bicyclic) bond motifs is 1. The third kappa shape index (κ3) is 1.46. The van der Waals surface area contributed by atoms with Crippen molar-refractivity contribution >= 4 is 16.9 Å². The minimum absolute atomic E-state index is 0.453. The minimum Gasteiger partial charge on any atom is -0.481 e. The first-order valence-electron chi connectivity index (χ1n) is 6.37. The van der Waals surface area contributed by atoms with Gasteiger partial charge in [-0.25, -0.2) is 0 Å². The van der Waals surface area contributed by atoms with E-state index in [9.17, 15) is 9.90 Å². The Morgan fingerprint density at radius 1 is 1.37 bits per heavy atom. The van der Waals surface area contributed by atoms with Crippen LogP contribution in [-0.4, -0.2) is 29.3 Å². The van der Waals surface area contributed by atoms with E-state index in [1.165, 1.54) is 0 Å². The molecule has 0 unspecified atom stereocenters. The molecule has 3 rings (SSSR count). The fourth-order valence-electron chi connectivity index (χ4n) is 2.83. The number of aromatic amines is 1. The zero-order valence-corrected chi connectivity index (χ0v) is 11.1. The average Bonchev–Trinajstić information content (AvgIpc) is 2.72. The Morgan fingerprint density at radius 2 is 2.05 bits per heavy atom. The first-order chi connectivity index (χ1) is 8.99. The van der Waals surface area contributed by atoms with Crippen molar-refractivity contribution in [3.05, 3.63) is 36.0 Å².